The Labute approximate surface area is 172 Å². The highest BCUT2D eigenvalue weighted by Crippen LogP contribution is 2.16. The second-order valence-corrected chi connectivity index (χ2v) is 7.56. The van der Waals surface area contributed by atoms with Crippen molar-refractivity contribution < 1.29 is 13.6 Å². The lowest BCUT2D eigenvalue weighted by atomic mass is 10.0. The summed E-state index contributed by atoms with van der Waals surface area (Å²) < 4.78 is 27.7. The van der Waals surface area contributed by atoms with Crippen molar-refractivity contribution in [3.05, 3.63) is 76.3 Å². The molecule has 1 aliphatic heterocycles. The van der Waals surface area contributed by atoms with Crippen LogP contribution in [0.2, 0.25) is 0 Å². The van der Waals surface area contributed by atoms with E-state index in [1.165, 1.54) is 17.0 Å². The Morgan fingerprint density at radius 2 is 1.87 bits per heavy atom. The van der Waals surface area contributed by atoms with E-state index in [1.807, 2.05) is 6.07 Å². The summed E-state index contributed by atoms with van der Waals surface area (Å²) in [7, 11) is 0. The average molecular weight is 412 g/mol. The van der Waals surface area contributed by atoms with E-state index in [2.05, 4.69) is 15.2 Å². The topological polar surface area (TPSA) is 67.2 Å². The summed E-state index contributed by atoms with van der Waals surface area (Å²) in [6, 6.07) is 11.0. The van der Waals surface area contributed by atoms with Gasteiger partial charge >= 0.3 is 0 Å². The van der Waals surface area contributed by atoms with Gasteiger partial charge in [0.25, 0.3) is 5.56 Å². The van der Waals surface area contributed by atoms with Crippen molar-refractivity contribution in [3.8, 4) is 0 Å². The number of carbonyl (C=O) groups is 1. The van der Waals surface area contributed by atoms with E-state index in [4.69, 9.17) is 0 Å². The first-order valence-electron chi connectivity index (χ1n) is 9.89. The molecule has 156 valence electrons. The van der Waals surface area contributed by atoms with Crippen LogP contribution in [0, 0.1) is 11.6 Å². The van der Waals surface area contributed by atoms with Gasteiger partial charge < -0.3 is 5.32 Å². The second kappa shape index (κ2) is 8.71. The lowest BCUT2D eigenvalue weighted by molar-refractivity contribution is -0.122. The molecule has 0 saturated carbocycles. The van der Waals surface area contributed by atoms with E-state index >= 15 is 0 Å². The van der Waals surface area contributed by atoms with Gasteiger partial charge in [-0.2, -0.15) is 0 Å². The minimum Gasteiger partial charge on any atom is -0.352 e. The maximum Gasteiger partial charge on any atom is 0.261 e. The summed E-state index contributed by atoms with van der Waals surface area (Å²) in [5.41, 5.74) is 1.09. The molecular weight excluding hydrogens is 390 g/mol. The molecule has 2 heterocycles. The van der Waals surface area contributed by atoms with E-state index in [0.717, 1.165) is 37.6 Å². The third-order valence-electron chi connectivity index (χ3n) is 5.39. The fourth-order valence-corrected chi connectivity index (χ4v) is 3.78. The van der Waals surface area contributed by atoms with Gasteiger partial charge in [0.1, 0.15) is 6.54 Å². The van der Waals surface area contributed by atoms with Gasteiger partial charge in [0.2, 0.25) is 5.91 Å². The Bertz CT molecular complexity index is 1120. The number of hydrogen-bond donors (Lipinski definition) is 1. The van der Waals surface area contributed by atoms with Crippen molar-refractivity contribution in [3.63, 3.8) is 0 Å². The van der Waals surface area contributed by atoms with E-state index in [9.17, 15) is 18.4 Å². The van der Waals surface area contributed by atoms with Crippen LogP contribution in [0.5, 0.6) is 0 Å². The molecule has 0 spiro atoms. The zero-order chi connectivity index (χ0) is 21.1. The van der Waals surface area contributed by atoms with Crippen molar-refractivity contribution in [1.29, 1.82) is 0 Å². The molecule has 1 fully saturated rings. The number of carbonyl (C=O) groups excluding carboxylic acids is 1. The molecule has 1 aromatic heterocycles. The molecule has 0 atom stereocenters. The van der Waals surface area contributed by atoms with Crippen LogP contribution in [0.25, 0.3) is 10.9 Å². The van der Waals surface area contributed by atoms with Crippen molar-refractivity contribution in [2.24, 2.45) is 0 Å². The molecule has 30 heavy (non-hydrogen) atoms. The molecule has 1 aliphatic rings. The molecule has 4 rings (SSSR count). The van der Waals surface area contributed by atoms with Crippen LogP contribution < -0.4 is 10.9 Å². The van der Waals surface area contributed by atoms with Gasteiger partial charge in [0.05, 0.1) is 17.2 Å². The fourth-order valence-electron chi connectivity index (χ4n) is 3.78. The number of fused-ring (bicyclic) bond motifs is 1. The standard InChI is InChI=1S/C22H22F2N4O2/c23-18-6-5-15(11-19(18)24)12-27-9-7-16(8-10-27)26-21(29)13-28-14-25-20-4-2-1-3-17(20)22(28)30/h1-6,11,14,16H,7-10,12-13H2,(H,26,29). The van der Waals surface area contributed by atoms with E-state index in [0.29, 0.717) is 17.4 Å². The number of nitrogens with one attached hydrogen (secondary N) is 1. The number of amides is 1. The van der Waals surface area contributed by atoms with E-state index in [1.54, 1.807) is 24.3 Å². The summed E-state index contributed by atoms with van der Waals surface area (Å²) in [6.45, 7) is 1.94. The summed E-state index contributed by atoms with van der Waals surface area (Å²) >= 11 is 0. The predicted molar refractivity (Wildman–Crippen MR) is 109 cm³/mol. The van der Waals surface area contributed by atoms with Gasteiger partial charge in [-0.3, -0.25) is 19.1 Å². The molecule has 0 aliphatic carbocycles. The third-order valence-corrected chi connectivity index (χ3v) is 5.39. The maximum absolute atomic E-state index is 13.4. The molecule has 3 aromatic rings. The highest BCUT2D eigenvalue weighted by atomic mass is 19.2. The summed E-state index contributed by atoms with van der Waals surface area (Å²) in [4.78, 5) is 31.3. The van der Waals surface area contributed by atoms with Crippen LogP contribution in [-0.2, 0) is 17.9 Å². The van der Waals surface area contributed by atoms with Gasteiger partial charge in [-0.05, 0) is 42.7 Å². The molecule has 0 radical (unpaired) electrons. The van der Waals surface area contributed by atoms with Crippen molar-refractivity contribution >= 4 is 16.8 Å². The number of benzene rings is 2. The molecule has 0 unspecified atom stereocenters. The first-order chi connectivity index (χ1) is 14.5. The molecule has 2 aromatic carbocycles. The lowest BCUT2D eigenvalue weighted by Gasteiger charge is -2.32. The Balaban J connectivity index is 1.30. The van der Waals surface area contributed by atoms with Gasteiger partial charge in [0, 0.05) is 25.7 Å². The number of hydrogen-bond acceptors (Lipinski definition) is 4. The first-order valence-corrected chi connectivity index (χ1v) is 9.89. The number of halogens is 2. The van der Waals surface area contributed by atoms with E-state index < -0.39 is 11.6 Å². The largest absolute Gasteiger partial charge is 0.352 e. The molecule has 1 amide bonds. The minimum atomic E-state index is -0.846. The van der Waals surface area contributed by atoms with Gasteiger partial charge in [-0.25, -0.2) is 13.8 Å². The molecule has 0 bridgehead atoms. The smallest absolute Gasteiger partial charge is 0.261 e. The normalized spacial score (nSPS) is 15.4. The Hall–Kier alpha value is -3.13. The monoisotopic (exact) mass is 412 g/mol. The number of rotatable bonds is 5. The Kier molecular flexibility index (Phi) is 5.85. The van der Waals surface area contributed by atoms with Crippen LogP contribution in [0.1, 0.15) is 18.4 Å². The zero-order valence-electron chi connectivity index (χ0n) is 16.4. The van der Waals surface area contributed by atoms with Crippen molar-refractivity contribution in [1.82, 2.24) is 19.8 Å². The van der Waals surface area contributed by atoms with Gasteiger partial charge in [-0.15, -0.1) is 0 Å². The van der Waals surface area contributed by atoms with Crippen LogP contribution >= 0.6 is 0 Å². The lowest BCUT2D eigenvalue weighted by Crippen LogP contribution is -2.45. The average Bonchev–Trinajstić information content (AvgIpc) is 2.74. The van der Waals surface area contributed by atoms with E-state index in [-0.39, 0.29) is 24.1 Å². The number of piperidine rings is 1. The van der Waals surface area contributed by atoms with Crippen LogP contribution in [0.4, 0.5) is 8.78 Å². The molecule has 1 saturated heterocycles. The third kappa shape index (κ3) is 4.54. The van der Waals surface area contributed by atoms with Crippen molar-refractivity contribution in [2.45, 2.75) is 32.0 Å². The minimum absolute atomic E-state index is 0.0165. The molecule has 1 N–H and O–H groups in total. The second-order valence-electron chi connectivity index (χ2n) is 7.56. The SMILES string of the molecule is O=C(Cn1cnc2ccccc2c1=O)NC1CCN(Cc2ccc(F)c(F)c2)CC1. The van der Waals surface area contributed by atoms with Gasteiger partial charge in [-0.1, -0.05) is 18.2 Å². The Morgan fingerprint density at radius 1 is 1.10 bits per heavy atom. The molecule has 8 heteroatoms. The summed E-state index contributed by atoms with van der Waals surface area (Å²) in [6.07, 6.45) is 2.90. The number of aromatic nitrogens is 2. The molecular formula is C22H22F2N4O2. The van der Waals surface area contributed by atoms with Crippen LogP contribution in [0.3, 0.4) is 0 Å². The van der Waals surface area contributed by atoms with Crippen molar-refractivity contribution in [2.75, 3.05) is 13.1 Å². The maximum atomic E-state index is 13.4. The number of nitrogens with zero attached hydrogens (tertiary/aromatic N) is 3. The first kappa shape index (κ1) is 20.2. The van der Waals surface area contributed by atoms with Crippen LogP contribution in [-0.4, -0.2) is 39.5 Å². The summed E-state index contributed by atoms with van der Waals surface area (Å²) in [5, 5.41) is 3.47. The highest BCUT2D eigenvalue weighted by Gasteiger charge is 2.21. The number of para-hydroxylation sites is 1. The zero-order valence-corrected chi connectivity index (χ0v) is 16.4. The molecule has 6 nitrogen and oxygen atoms in total. The Morgan fingerprint density at radius 3 is 2.63 bits per heavy atom. The van der Waals surface area contributed by atoms with Crippen LogP contribution in [0.15, 0.2) is 53.6 Å². The summed E-state index contributed by atoms with van der Waals surface area (Å²) in [5.74, 6) is -1.91. The van der Waals surface area contributed by atoms with Gasteiger partial charge in [0.15, 0.2) is 11.6 Å². The number of likely N-dealkylation sites (tertiary alicyclic amines) is 1. The predicted octanol–water partition coefficient (Wildman–Crippen LogP) is 2.46. The fraction of sp³-hybridized carbons (Fsp3) is 0.318. The highest BCUT2D eigenvalue weighted by molar-refractivity contribution is 5.79. The quantitative estimate of drug-likeness (QED) is 0.699.